The van der Waals surface area contributed by atoms with Crippen molar-refractivity contribution in [1.82, 2.24) is 4.98 Å². The van der Waals surface area contributed by atoms with Gasteiger partial charge < -0.3 is 5.73 Å². The van der Waals surface area contributed by atoms with Crippen LogP contribution in [0, 0.1) is 11.3 Å². The molecule has 0 radical (unpaired) electrons. The molecule has 0 bridgehead atoms. The number of nitriles is 1. The van der Waals surface area contributed by atoms with Gasteiger partial charge in [-0.1, -0.05) is 0 Å². The summed E-state index contributed by atoms with van der Waals surface area (Å²) >= 11 is 1.72. The summed E-state index contributed by atoms with van der Waals surface area (Å²) in [7, 11) is 0. The molecule has 0 unspecified atom stereocenters. The predicted octanol–water partition coefficient (Wildman–Crippen LogP) is 2.45. The van der Waals surface area contributed by atoms with E-state index in [-0.39, 0.29) is 0 Å². The maximum absolute atomic E-state index is 8.34. The smallest absolute Gasteiger partial charge is 0.0638 e. The van der Waals surface area contributed by atoms with E-state index in [9.17, 15) is 0 Å². The summed E-state index contributed by atoms with van der Waals surface area (Å²) in [5, 5.41) is 8.34. The maximum Gasteiger partial charge on any atom is 0.0638 e. The number of nitrogens with zero attached hydrogens (tertiary/aromatic N) is 2. The molecule has 0 aliphatic heterocycles. The van der Waals surface area contributed by atoms with Gasteiger partial charge in [0.25, 0.3) is 0 Å². The molecule has 4 heteroatoms. The van der Waals surface area contributed by atoms with Crippen molar-refractivity contribution in [3.63, 3.8) is 0 Å². The molecule has 0 fully saturated rings. The first-order valence-corrected chi connectivity index (χ1v) is 5.52. The summed E-state index contributed by atoms with van der Waals surface area (Å²) in [6.07, 6.45) is 6.08. The number of nitrogens with two attached hydrogens (primary N) is 1. The summed E-state index contributed by atoms with van der Waals surface area (Å²) in [4.78, 5) is 5.00. The number of thioether (sulfide) groups is 1. The summed E-state index contributed by atoms with van der Waals surface area (Å²) in [5.41, 5.74) is 6.46. The largest absolute Gasteiger partial charge is 0.397 e. The number of hydrogen-bond donors (Lipinski definition) is 1. The third-order valence-corrected chi connectivity index (χ3v) is 2.93. The predicted molar refractivity (Wildman–Crippen MR) is 58.8 cm³/mol. The van der Waals surface area contributed by atoms with Gasteiger partial charge in [0.1, 0.15) is 0 Å². The number of rotatable bonds is 5. The standard InChI is InChI=1S/C10H13N3S/c11-5-2-1-3-7-14-10-4-6-13-8-9(10)12/h4,6,8H,1-3,7,12H2. The molecule has 0 atom stereocenters. The fourth-order valence-electron chi connectivity index (χ4n) is 1.01. The highest BCUT2D eigenvalue weighted by Crippen LogP contribution is 2.24. The summed E-state index contributed by atoms with van der Waals surface area (Å²) in [6, 6.07) is 4.05. The Morgan fingerprint density at radius 2 is 2.36 bits per heavy atom. The zero-order valence-electron chi connectivity index (χ0n) is 7.94. The van der Waals surface area contributed by atoms with Crippen LogP contribution in [0.1, 0.15) is 19.3 Å². The molecule has 0 saturated carbocycles. The number of hydrogen-bond acceptors (Lipinski definition) is 4. The first-order valence-electron chi connectivity index (χ1n) is 4.54. The second kappa shape index (κ2) is 6.28. The summed E-state index contributed by atoms with van der Waals surface area (Å²) in [5.74, 6) is 1.01. The lowest BCUT2D eigenvalue weighted by atomic mass is 10.3. The van der Waals surface area contributed by atoms with Crippen LogP contribution in [-0.2, 0) is 0 Å². The van der Waals surface area contributed by atoms with Crippen LogP contribution in [0.4, 0.5) is 5.69 Å². The number of anilines is 1. The zero-order valence-corrected chi connectivity index (χ0v) is 8.76. The Labute approximate surface area is 88.3 Å². The Morgan fingerprint density at radius 3 is 3.07 bits per heavy atom. The van der Waals surface area contributed by atoms with Gasteiger partial charge >= 0.3 is 0 Å². The average molecular weight is 207 g/mol. The fraction of sp³-hybridized carbons (Fsp3) is 0.400. The van der Waals surface area contributed by atoms with Crippen LogP contribution in [0.5, 0.6) is 0 Å². The number of aromatic nitrogens is 1. The van der Waals surface area contributed by atoms with Crippen molar-refractivity contribution in [2.75, 3.05) is 11.5 Å². The van der Waals surface area contributed by atoms with Crippen LogP contribution in [0.3, 0.4) is 0 Å². The molecule has 0 saturated heterocycles. The topological polar surface area (TPSA) is 62.7 Å². The van der Waals surface area contributed by atoms with Gasteiger partial charge in [-0.15, -0.1) is 11.8 Å². The molecular formula is C10H13N3S. The molecule has 1 aromatic rings. The molecule has 74 valence electrons. The van der Waals surface area contributed by atoms with Crippen molar-refractivity contribution in [3.8, 4) is 6.07 Å². The highest BCUT2D eigenvalue weighted by atomic mass is 32.2. The van der Waals surface area contributed by atoms with Crippen LogP contribution in [0.25, 0.3) is 0 Å². The van der Waals surface area contributed by atoms with Gasteiger partial charge in [-0.25, -0.2) is 0 Å². The summed E-state index contributed by atoms with van der Waals surface area (Å²) < 4.78 is 0. The summed E-state index contributed by atoms with van der Waals surface area (Å²) in [6.45, 7) is 0. The average Bonchev–Trinajstić information content (AvgIpc) is 2.20. The fourth-order valence-corrected chi connectivity index (χ4v) is 1.96. The second-order valence-corrected chi connectivity index (χ2v) is 4.01. The van der Waals surface area contributed by atoms with Crippen molar-refractivity contribution in [3.05, 3.63) is 18.5 Å². The third kappa shape index (κ3) is 3.67. The molecule has 1 rings (SSSR count). The van der Waals surface area contributed by atoms with E-state index in [1.165, 1.54) is 0 Å². The lowest BCUT2D eigenvalue weighted by Crippen LogP contribution is -1.90. The Hall–Kier alpha value is -1.21. The molecule has 3 nitrogen and oxygen atoms in total. The van der Waals surface area contributed by atoms with Crippen LogP contribution < -0.4 is 5.73 Å². The molecule has 1 aromatic heterocycles. The first kappa shape index (κ1) is 10.9. The zero-order chi connectivity index (χ0) is 10.2. The minimum Gasteiger partial charge on any atom is -0.397 e. The van der Waals surface area contributed by atoms with Crippen molar-refractivity contribution in [1.29, 1.82) is 5.26 Å². The first-order chi connectivity index (χ1) is 6.84. The Balaban J connectivity index is 2.25. The molecule has 0 aromatic carbocycles. The lowest BCUT2D eigenvalue weighted by molar-refractivity contribution is 0.830. The molecular weight excluding hydrogens is 194 g/mol. The Morgan fingerprint density at radius 1 is 1.50 bits per heavy atom. The van der Waals surface area contributed by atoms with E-state index in [1.807, 2.05) is 6.07 Å². The van der Waals surface area contributed by atoms with Gasteiger partial charge in [-0.2, -0.15) is 5.26 Å². The van der Waals surface area contributed by atoms with Gasteiger partial charge in [0.15, 0.2) is 0 Å². The van der Waals surface area contributed by atoms with Gasteiger partial charge in [0, 0.05) is 17.5 Å². The minimum atomic E-state index is 0.645. The van der Waals surface area contributed by atoms with Crippen molar-refractivity contribution in [2.24, 2.45) is 0 Å². The molecule has 14 heavy (non-hydrogen) atoms. The SMILES string of the molecule is N#CCCCCSc1ccncc1N. The van der Waals surface area contributed by atoms with Crippen molar-refractivity contribution < 1.29 is 0 Å². The van der Waals surface area contributed by atoms with Crippen molar-refractivity contribution in [2.45, 2.75) is 24.2 Å². The van der Waals surface area contributed by atoms with E-state index in [0.717, 1.165) is 29.2 Å². The van der Waals surface area contributed by atoms with Gasteiger partial charge in [-0.05, 0) is 24.7 Å². The van der Waals surface area contributed by atoms with Crippen molar-refractivity contribution >= 4 is 17.4 Å². The highest BCUT2D eigenvalue weighted by Gasteiger charge is 1.98. The molecule has 0 aliphatic rings. The number of unbranched alkanes of at least 4 members (excludes halogenated alkanes) is 2. The molecule has 0 aliphatic carbocycles. The minimum absolute atomic E-state index is 0.645. The quantitative estimate of drug-likeness (QED) is 0.595. The van der Waals surface area contributed by atoms with Gasteiger partial charge in [0.2, 0.25) is 0 Å². The molecule has 0 amide bonds. The van der Waals surface area contributed by atoms with Crippen LogP contribution in [-0.4, -0.2) is 10.7 Å². The van der Waals surface area contributed by atoms with E-state index in [4.69, 9.17) is 11.0 Å². The van der Waals surface area contributed by atoms with E-state index in [1.54, 1.807) is 24.2 Å². The van der Waals surface area contributed by atoms with Crippen LogP contribution in [0.2, 0.25) is 0 Å². The van der Waals surface area contributed by atoms with Crippen LogP contribution in [0.15, 0.2) is 23.4 Å². The number of pyridine rings is 1. The second-order valence-electron chi connectivity index (χ2n) is 2.88. The molecule has 1 heterocycles. The van der Waals surface area contributed by atoms with Gasteiger partial charge in [0.05, 0.1) is 18.0 Å². The van der Waals surface area contributed by atoms with E-state index < -0.39 is 0 Å². The van der Waals surface area contributed by atoms with E-state index >= 15 is 0 Å². The normalized spacial score (nSPS) is 9.64. The van der Waals surface area contributed by atoms with Crippen LogP contribution >= 0.6 is 11.8 Å². The van der Waals surface area contributed by atoms with Gasteiger partial charge in [-0.3, -0.25) is 4.98 Å². The Bertz CT molecular complexity index is 319. The Kier molecular flexibility index (Phi) is 4.87. The molecule has 2 N–H and O–H groups in total. The highest BCUT2D eigenvalue weighted by molar-refractivity contribution is 7.99. The molecule has 0 spiro atoms. The number of nitrogen functional groups attached to an aromatic ring is 1. The maximum atomic E-state index is 8.34. The van der Waals surface area contributed by atoms with E-state index in [2.05, 4.69) is 11.1 Å². The monoisotopic (exact) mass is 207 g/mol. The third-order valence-electron chi connectivity index (χ3n) is 1.75. The lowest BCUT2D eigenvalue weighted by Gasteiger charge is -2.02. The van der Waals surface area contributed by atoms with E-state index in [0.29, 0.717) is 6.42 Å².